The molecule has 1 amide bonds. The van der Waals surface area contributed by atoms with E-state index >= 15 is 0 Å². The van der Waals surface area contributed by atoms with E-state index in [1.807, 2.05) is 37.3 Å². The zero-order chi connectivity index (χ0) is 27.4. The van der Waals surface area contributed by atoms with Gasteiger partial charge in [-0.2, -0.15) is 0 Å². The number of carboxylic acid groups (broad SMARTS) is 1. The number of halogens is 2. The van der Waals surface area contributed by atoms with Crippen molar-refractivity contribution in [2.75, 3.05) is 0 Å². The second-order valence-corrected chi connectivity index (χ2v) is 10.5. The number of ether oxygens (including phenoxy) is 3. The van der Waals surface area contributed by atoms with Crippen LogP contribution < -0.4 is 14.8 Å². The molecule has 3 aromatic carbocycles. The molecule has 3 aromatic rings. The highest BCUT2D eigenvalue weighted by Crippen LogP contribution is 2.52. The van der Waals surface area contributed by atoms with E-state index < -0.39 is 17.7 Å². The first-order chi connectivity index (χ1) is 18.6. The summed E-state index contributed by atoms with van der Waals surface area (Å²) in [6.07, 6.45) is -2.10. The topological polar surface area (TPSA) is 94.1 Å². The van der Waals surface area contributed by atoms with E-state index in [4.69, 9.17) is 4.74 Å². The number of alkyl halides is 2. The second kappa shape index (κ2) is 9.34. The van der Waals surface area contributed by atoms with Crippen LogP contribution in [0.5, 0.6) is 11.5 Å². The minimum absolute atomic E-state index is 0.0535. The Balaban J connectivity index is 1.25. The van der Waals surface area contributed by atoms with Crippen molar-refractivity contribution in [1.82, 2.24) is 5.32 Å². The zero-order valence-corrected chi connectivity index (χ0v) is 21.2. The molecule has 1 aliphatic carbocycles. The molecular formula is C30H27F2NO6. The molecule has 6 rings (SSSR count). The highest BCUT2D eigenvalue weighted by atomic mass is 19.3. The quantitative estimate of drug-likeness (QED) is 0.413. The van der Waals surface area contributed by atoms with Gasteiger partial charge in [0, 0.05) is 6.04 Å². The zero-order valence-electron chi connectivity index (χ0n) is 21.2. The first-order valence-electron chi connectivity index (χ1n) is 12.9. The summed E-state index contributed by atoms with van der Waals surface area (Å²) in [7, 11) is 0. The first kappa shape index (κ1) is 25.3. The summed E-state index contributed by atoms with van der Waals surface area (Å²) in [5, 5.41) is 12.6. The van der Waals surface area contributed by atoms with Gasteiger partial charge in [-0.3, -0.25) is 4.79 Å². The molecule has 3 atom stereocenters. The van der Waals surface area contributed by atoms with Crippen LogP contribution in [-0.2, 0) is 14.9 Å². The monoisotopic (exact) mass is 535 g/mol. The van der Waals surface area contributed by atoms with Crippen LogP contribution in [0.25, 0.3) is 0 Å². The van der Waals surface area contributed by atoms with Crippen LogP contribution >= 0.6 is 0 Å². The third-order valence-corrected chi connectivity index (χ3v) is 7.83. The van der Waals surface area contributed by atoms with Gasteiger partial charge >= 0.3 is 12.3 Å². The largest absolute Gasteiger partial charge is 0.586 e. The number of carbonyl (C=O) groups excluding carboxylic acids is 1. The molecule has 3 aliphatic rings. The van der Waals surface area contributed by atoms with Crippen molar-refractivity contribution in [3.8, 4) is 11.5 Å². The van der Waals surface area contributed by atoms with Gasteiger partial charge in [-0.15, -0.1) is 8.78 Å². The fourth-order valence-electron chi connectivity index (χ4n) is 5.63. The van der Waals surface area contributed by atoms with E-state index in [-0.39, 0.29) is 41.2 Å². The van der Waals surface area contributed by atoms with Gasteiger partial charge in [-0.1, -0.05) is 42.5 Å². The van der Waals surface area contributed by atoms with Gasteiger partial charge in [0.15, 0.2) is 11.5 Å². The number of rotatable bonds is 6. The Morgan fingerprint density at radius 3 is 2.33 bits per heavy atom. The fraction of sp³-hybridized carbons (Fsp3) is 0.333. The smallest absolute Gasteiger partial charge is 0.478 e. The Labute approximate surface area is 223 Å². The van der Waals surface area contributed by atoms with Crippen molar-refractivity contribution in [2.45, 2.75) is 62.6 Å². The summed E-state index contributed by atoms with van der Waals surface area (Å²) in [4.78, 5) is 25.1. The Hall–Kier alpha value is -3.98. The number of aromatic carboxylic acids is 1. The normalized spacial score (nSPS) is 24.1. The molecule has 0 bridgehead atoms. The molecule has 2 N–H and O–H groups in total. The lowest BCUT2D eigenvalue weighted by Crippen LogP contribution is -2.45. The van der Waals surface area contributed by atoms with Gasteiger partial charge in [-0.25, -0.2) is 4.79 Å². The van der Waals surface area contributed by atoms with E-state index in [0.717, 1.165) is 16.7 Å². The predicted octanol–water partition coefficient (Wildman–Crippen LogP) is 5.82. The number of benzene rings is 3. The van der Waals surface area contributed by atoms with Crippen molar-refractivity contribution in [1.29, 1.82) is 0 Å². The average molecular weight is 536 g/mol. The number of hydrogen-bond acceptors (Lipinski definition) is 5. The Morgan fingerprint density at radius 1 is 0.923 bits per heavy atom. The molecule has 2 heterocycles. The Bertz CT molecular complexity index is 1440. The molecule has 1 saturated heterocycles. The van der Waals surface area contributed by atoms with Gasteiger partial charge < -0.3 is 24.6 Å². The SMILES string of the molecule is Cc1cc(C(=O)O)ccc1[C@H]1C[C@H](NC(=O)C2(c3ccc4c(c3)OC(F)(F)O4)CC2)C[C@@H](c2ccccc2)O1. The van der Waals surface area contributed by atoms with Crippen LogP contribution in [0.4, 0.5) is 8.78 Å². The Morgan fingerprint density at radius 2 is 1.64 bits per heavy atom. The molecule has 1 saturated carbocycles. The van der Waals surface area contributed by atoms with Crippen LogP contribution in [0.15, 0.2) is 66.7 Å². The van der Waals surface area contributed by atoms with Gasteiger partial charge in [0.25, 0.3) is 0 Å². The minimum Gasteiger partial charge on any atom is -0.478 e. The summed E-state index contributed by atoms with van der Waals surface area (Å²) in [6, 6.07) is 19.0. The fourth-order valence-corrected chi connectivity index (χ4v) is 5.63. The highest BCUT2D eigenvalue weighted by Gasteiger charge is 2.53. The van der Waals surface area contributed by atoms with Gasteiger partial charge in [0.1, 0.15) is 0 Å². The van der Waals surface area contributed by atoms with Gasteiger partial charge in [0.2, 0.25) is 5.91 Å². The summed E-state index contributed by atoms with van der Waals surface area (Å²) >= 11 is 0. The lowest BCUT2D eigenvalue weighted by Gasteiger charge is -2.37. The van der Waals surface area contributed by atoms with Crippen LogP contribution in [0.2, 0.25) is 0 Å². The maximum absolute atomic E-state index is 13.7. The van der Waals surface area contributed by atoms with Crippen LogP contribution in [0.3, 0.4) is 0 Å². The molecule has 2 aliphatic heterocycles. The van der Waals surface area contributed by atoms with Crippen molar-refractivity contribution < 1.29 is 37.7 Å². The van der Waals surface area contributed by atoms with Crippen LogP contribution in [0.1, 0.15) is 70.5 Å². The van der Waals surface area contributed by atoms with Crippen molar-refractivity contribution in [2.24, 2.45) is 0 Å². The molecule has 2 fully saturated rings. The molecular weight excluding hydrogens is 508 g/mol. The van der Waals surface area contributed by atoms with Crippen molar-refractivity contribution in [3.63, 3.8) is 0 Å². The van der Waals surface area contributed by atoms with E-state index in [0.29, 0.717) is 31.2 Å². The summed E-state index contributed by atoms with van der Waals surface area (Å²) in [5.41, 5.74) is 2.66. The lowest BCUT2D eigenvalue weighted by atomic mass is 9.88. The molecule has 7 nitrogen and oxygen atoms in total. The number of carbonyl (C=O) groups is 2. The average Bonchev–Trinajstić information content (AvgIpc) is 3.66. The molecule has 9 heteroatoms. The van der Waals surface area contributed by atoms with Crippen LogP contribution in [0, 0.1) is 6.92 Å². The van der Waals surface area contributed by atoms with E-state index in [2.05, 4.69) is 14.8 Å². The van der Waals surface area contributed by atoms with Crippen molar-refractivity contribution >= 4 is 11.9 Å². The molecule has 202 valence electrons. The minimum atomic E-state index is -3.72. The second-order valence-electron chi connectivity index (χ2n) is 10.5. The first-order valence-corrected chi connectivity index (χ1v) is 12.9. The number of amides is 1. The third-order valence-electron chi connectivity index (χ3n) is 7.83. The van der Waals surface area contributed by atoms with E-state index in [1.54, 1.807) is 24.3 Å². The van der Waals surface area contributed by atoms with Gasteiger partial charge in [-0.05, 0) is 79.1 Å². The number of aryl methyl sites for hydroxylation is 1. The summed E-state index contributed by atoms with van der Waals surface area (Å²) in [6.45, 7) is 1.85. The number of hydrogen-bond donors (Lipinski definition) is 2. The summed E-state index contributed by atoms with van der Waals surface area (Å²) < 4.78 is 42.7. The third kappa shape index (κ3) is 4.83. The summed E-state index contributed by atoms with van der Waals surface area (Å²) in [5.74, 6) is -1.29. The molecule has 0 spiro atoms. The molecule has 39 heavy (non-hydrogen) atoms. The highest BCUT2D eigenvalue weighted by molar-refractivity contribution is 5.91. The predicted molar refractivity (Wildman–Crippen MR) is 136 cm³/mol. The molecule has 0 unspecified atom stereocenters. The van der Waals surface area contributed by atoms with Crippen LogP contribution in [-0.4, -0.2) is 29.3 Å². The van der Waals surface area contributed by atoms with Gasteiger partial charge in [0.05, 0.1) is 23.2 Å². The lowest BCUT2D eigenvalue weighted by molar-refractivity contribution is -0.286. The number of nitrogens with one attached hydrogen (secondary N) is 1. The molecule has 0 aromatic heterocycles. The van der Waals surface area contributed by atoms with E-state index in [9.17, 15) is 23.5 Å². The number of fused-ring (bicyclic) bond motifs is 1. The Kier molecular flexibility index (Phi) is 6.06. The van der Waals surface area contributed by atoms with Crippen molar-refractivity contribution in [3.05, 3.63) is 94.5 Å². The standard InChI is InChI=1S/C30H27F2NO6/c1-17-13-19(27(34)35)7-9-22(17)25-16-21(15-24(37-25)18-5-3-2-4-6-18)33-28(36)29(11-12-29)20-8-10-23-26(14-20)39-30(31,32)38-23/h2-10,13-14,21,24-25H,11-12,15-16H2,1H3,(H,33,36)(H,34,35)/t21-,24+,25-/m1/s1. The molecule has 0 radical (unpaired) electrons. The van der Waals surface area contributed by atoms with E-state index in [1.165, 1.54) is 12.1 Å². The maximum Gasteiger partial charge on any atom is 0.586 e. The number of carboxylic acids is 1. The maximum atomic E-state index is 13.7.